The van der Waals surface area contributed by atoms with Crippen molar-refractivity contribution in [2.75, 3.05) is 35.4 Å². The summed E-state index contributed by atoms with van der Waals surface area (Å²) in [6.07, 6.45) is 0. The number of carbonyl (C=O) groups is 2. The van der Waals surface area contributed by atoms with Crippen LogP contribution >= 0.6 is 62.7 Å². The third kappa shape index (κ3) is 11.8. The molecule has 6 rings (SSSR count). The zero-order valence-electron chi connectivity index (χ0n) is 27.7. The number of nitrogens with one attached hydrogen (secondary N) is 2. The largest absolute Gasteiger partial charge is 0.496 e. The zero-order chi connectivity index (χ0) is 37.8. The molecule has 0 bridgehead atoms. The lowest BCUT2D eigenvalue weighted by Gasteiger charge is -2.18. The number of benzene rings is 4. The lowest BCUT2D eigenvalue weighted by molar-refractivity contribution is -0.113. The molecule has 0 atom stereocenters. The number of ether oxygens (including phenoxy) is 2. The summed E-state index contributed by atoms with van der Waals surface area (Å²) in [4.78, 5) is 25.7. The number of thioether (sulfide) groups is 2. The Balaban J connectivity index is 0.000000192. The first-order valence-electron chi connectivity index (χ1n) is 15.5. The molecule has 4 N–H and O–H groups in total. The van der Waals surface area contributed by atoms with E-state index in [4.69, 9.17) is 32.7 Å². The highest BCUT2D eigenvalue weighted by Crippen LogP contribution is 2.33. The second kappa shape index (κ2) is 20.1. The van der Waals surface area contributed by atoms with E-state index in [0.717, 1.165) is 11.5 Å². The minimum Gasteiger partial charge on any atom is -0.496 e. The summed E-state index contributed by atoms with van der Waals surface area (Å²) in [5.74, 6) is 1.35. The van der Waals surface area contributed by atoms with Crippen LogP contribution in [0, 0.1) is 11.6 Å². The fraction of sp³-hybridized carbons (Fsp3) is 0.167. The standard InChI is InChI=1S/C18H15ClFNO2S.C12H14BNO4S.C6H3BrClF/c1-11-17(24-9-8-23-11)18(22)21-16-5-3-2-4-14(16)13-7-6-12(19)10-15(13)20;1-8-11(19-7-6-18-8)12(15)14-10-5-3-2-4-9(10)13(16)17;7-5-2-1-4(8)3-6(5)9/h2-7,10H,8-9H2,1H3,(H,21,22);2-5,16-17H,6-7H2,1H3,(H,14,15);1-3H. The van der Waals surface area contributed by atoms with Gasteiger partial charge in [0.1, 0.15) is 33.0 Å². The maximum atomic E-state index is 14.2. The lowest BCUT2D eigenvalue weighted by atomic mass is 9.79. The molecule has 0 aliphatic carbocycles. The van der Waals surface area contributed by atoms with Crippen LogP contribution in [0.4, 0.5) is 20.2 Å². The van der Waals surface area contributed by atoms with Crippen molar-refractivity contribution in [2.45, 2.75) is 13.8 Å². The summed E-state index contributed by atoms with van der Waals surface area (Å²) in [5.41, 5.74) is 2.16. The molecule has 4 aromatic carbocycles. The smallest absolute Gasteiger partial charge is 0.490 e. The van der Waals surface area contributed by atoms with E-state index in [2.05, 4.69) is 26.6 Å². The van der Waals surface area contributed by atoms with Gasteiger partial charge in [0, 0.05) is 49.5 Å². The van der Waals surface area contributed by atoms with Gasteiger partial charge in [0.15, 0.2) is 0 Å². The highest BCUT2D eigenvalue weighted by atomic mass is 79.9. The van der Waals surface area contributed by atoms with Crippen LogP contribution < -0.4 is 16.1 Å². The second-order valence-corrected chi connectivity index (χ2v) is 14.7. The summed E-state index contributed by atoms with van der Waals surface area (Å²) in [6.45, 7) is 4.71. The van der Waals surface area contributed by atoms with Gasteiger partial charge >= 0.3 is 7.12 Å². The van der Waals surface area contributed by atoms with Gasteiger partial charge in [-0.1, -0.05) is 59.6 Å². The van der Waals surface area contributed by atoms with Gasteiger partial charge < -0.3 is 30.2 Å². The predicted molar refractivity (Wildman–Crippen MR) is 212 cm³/mol. The first-order valence-corrected chi connectivity index (χ1v) is 19.0. The number of amides is 2. The van der Waals surface area contributed by atoms with Crippen molar-refractivity contribution in [1.82, 2.24) is 0 Å². The molecule has 0 unspecified atom stereocenters. The number of halogens is 5. The molecular weight excluding hydrogens is 820 g/mol. The number of rotatable bonds is 6. The van der Waals surface area contributed by atoms with Gasteiger partial charge in [-0.2, -0.15) is 0 Å². The Kier molecular flexibility index (Phi) is 15.9. The van der Waals surface area contributed by atoms with Gasteiger partial charge in [0.05, 0.1) is 17.7 Å². The lowest BCUT2D eigenvalue weighted by Crippen LogP contribution is -2.33. The normalized spacial score (nSPS) is 13.7. The van der Waals surface area contributed by atoms with Crippen molar-refractivity contribution in [2.24, 2.45) is 0 Å². The van der Waals surface area contributed by atoms with Crippen LogP contribution in [0.3, 0.4) is 0 Å². The van der Waals surface area contributed by atoms with Crippen molar-refractivity contribution >= 4 is 98.4 Å². The van der Waals surface area contributed by atoms with E-state index < -0.39 is 12.9 Å². The average molecular weight is 852 g/mol. The van der Waals surface area contributed by atoms with E-state index in [-0.39, 0.29) is 23.1 Å². The van der Waals surface area contributed by atoms with E-state index in [1.54, 1.807) is 86.6 Å². The van der Waals surface area contributed by atoms with E-state index in [0.29, 0.717) is 71.6 Å². The summed E-state index contributed by atoms with van der Waals surface area (Å²) in [6, 6.07) is 22.6. The van der Waals surface area contributed by atoms with Gasteiger partial charge in [0.2, 0.25) is 0 Å². The molecule has 0 fully saturated rings. The third-order valence-electron chi connectivity index (χ3n) is 7.11. The fourth-order valence-electron chi connectivity index (χ4n) is 4.66. The molecule has 0 saturated carbocycles. The van der Waals surface area contributed by atoms with Crippen LogP contribution in [0.25, 0.3) is 11.1 Å². The Morgan fingerprint density at radius 3 is 1.75 bits per heavy atom. The Labute approximate surface area is 327 Å². The molecule has 0 aromatic heterocycles. The maximum absolute atomic E-state index is 14.2. The van der Waals surface area contributed by atoms with Crippen LogP contribution in [0.1, 0.15) is 13.8 Å². The summed E-state index contributed by atoms with van der Waals surface area (Å²) in [5, 5.41) is 24.8. The Bertz CT molecular complexity index is 1990. The highest BCUT2D eigenvalue weighted by molar-refractivity contribution is 9.10. The third-order valence-corrected chi connectivity index (χ3v) is 10.5. The molecule has 2 aliphatic rings. The number of hydrogen-bond donors (Lipinski definition) is 4. The first kappa shape index (κ1) is 41.3. The van der Waals surface area contributed by atoms with Crippen LogP contribution in [0.15, 0.2) is 111 Å². The molecule has 0 spiro atoms. The van der Waals surface area contributed by atoms with Crippen LogP contribution in [-0.4, -0.2) is 53.7 Å². The van der Waals surface area contributed by atoms with Crippen molar-refractivity contribution in [3.05, 3.63) is 132 Å². The number of anilines is 2. The SMILES string of the molecule is CC1=C(C(=O)Nc2ccccc2-c2ccc(Cl)cc2F)SCCO1.CC1=C(C(=O)Nc2ccccc2B(O)O)SCCO1.Fc1cc(Cl)ccc1Br. The molecule has 0 saturated heterocycles. The average Bonchev–Trinajstić information content (AvgIpc) is 3.11. The minimum absolute atomic E-state index is 0.251. The quantitative estimate of drug-likeness (QED) is 0.113. The Morgan fingerprint density at radius 2 is 1.23 bits per heavy atom. The molecule has 8 nitrogen and oxygen atoms in total. The van der Waals surface area contributed by atoms with E-state index >= 15 is 0 Å². The van der Waals surface area contributed by atoms with Gasteiger partial charge in [-0.3, -0.25) is 9.59 Å². The number of carbonyl (C=O) groups excluding carboxylic acids is 2. The van der Waals surface area contributed by atoms with Crippen LogP contribution in [0.2, 0.25) is 10.0 Å². The Hall–Kier alpha value is -3.50. The van der Waals surface area contributed by atoms with E-state index in [1.807, 2.05) is 0 Å². The highest BCUT2D eigenvalue weighted by Gasteiger charge is 2.23. The zero-order valence-corrected chi connectivity index (χ0v) is 32.5. The molecular formula is C36H32BBrCl2F2N2O6S2. The summed E-state index contributed by atoms with van der Waals surface area (Å²) >= 11 is 17.2. The Morgan fingerprint density at radius 1 is 0.731 bits per heavy atom. The molecule has 52 heavy (non-hydrogen) atoms. The molecule has 16 heteroatoms. The van der Waals surface area contributed by atoms with Crippen molar-refractivity contribution < 1.29 is 37.9 Å². The van der Waals surface area contributed by atoms with Crippen molar-refractivity contribution in [1.29, 1.82) is 0 Å². The number of allylic oxidation sites excluding steroid dienone is 2. The van der Waals surface area contributed by atoms with Crippen LogP contribution in [0.5, 0.6) is 0 Å². The molecule has 2 heterocycles. The molecule has 0 radical (unpaired) electrons. The number of hydrogen-bond acceptors (Lipinski definition) is 8. The van der Waals surface area contributed by atoms with Crippen molar-refractivity contribution in [3.8, 4) is 11.1 Å². The number of para-hydroxylation sites is 2. The van der Waals surface area contributed by atoms with Gasteiger partial charge in [-0.15, -0.1) is 23.5 Å². The summed E-state index contributed by atoms with van der Waals surface area (Å²) in [7, 11) is -1.62. The monoisotopic (exact) mass is 850 g/mol. The van der Waals surface area contributed by atoms with Gasteiger partial charge in [-0.05, 0) is 78.3 Å². The molecule has 272 valence electrons. The minimum atomic E-state index is -1.62. The van der Waals surface area contributed by atoms with Crippen LogP contribution in [-0.2, 0) is 19.1 Å². The topological polar surface area (TPSA) is 117 Å². The van der Waals surface area contributed by atoms with E-state index in [9.17, 15) is 28.4 Å². The molecule has 4 aromatic rings. The van der Waals surface area contributed by atoms with Crippen molar-refractivity contribution in [3.63, 3.8) is 0 Å². The van der Waals surface area contributed by atoms with E-state index in [1.165, 1.54) is 35.7 Å². The fourth-order valence-corrected chi connectivity index (χ4v) is 6.86. The molecule has 2 aliphatic heterocycles. The first-order chi connectivity index (χ1) is 24.8. The second-order valence-electron chi connectivity index (χ2n) is 10.8. The predicted octanol–water partition coefficient (Wildman–Crippen LogP) is 8.62. The van der Waals surface area contributed by atoms with Gasteiger partial charge in [0.25, 0.3) is 11.8 Å². The maximum Gasteiger partial charge on any atom is 0.490 e. The van der Waals surface area contributed by atoms with Gasteiger partial charge in [-0.25, -0.2) is 8.78 Å². The molecule has 2 amide bonds. The summed E-state index contributed by atoms with van der Waals surface area (Å²) < 4.78 is 37.9.